The van der Waals surface area contributed by atoms with Crippen LogP contribution in [0.2, 0.25) is 5.02 Å². The van der Waals surface area contributed by atoms with Gasteiger partial charge in [-0.3, -0.25) is 4.79 Å². The molecule has 2 rings (SSSR count). The Kier molecular flexibility index (Phi) is 5.00. The second-order valence-corrected chi connectivity index (χ2v) is 5.32. The van der Waals surface area contributed by atoms with Crippen LogP contribution in [-0.4, -0.2) is 18.0 Å². The van der Waals surface area contributed by atoms with Crippen LogP contribution in [0.15, 0.2) is 34.9 Å². The summed E-state index contributed by atoms with van der Waals surface area (Å²) in [7, 11) is 1.53. The van der Waals surface area contributed by atoms with Crippen molar-refractivity contribution < 1.29 is 9.53 Å². The van der Waals surface area contributed by atoms with Crippen molar-refractivity contribution in [2.45, 2.75) is 0 Å². The Morgan fingerprint density at radius 1 is 1.43 bits per heavy atom. The normalized spacial score (nSPS) is 10.1. The minimum atomic E-state index is -0.357. The van der Waals surface area contributed by atoms with Crippen LogP contribution in [0.5, 0.6) is 5.75 Å². The molecule has 1 aromatic heterocycles. The fraction of sp³-hybridized carbons (Fsp3) is 0.0769. The smallest absolute Gasteiger partial charge is 0.257 e. The lowest BCUT2D eigenvalue weighted by Gasteiger charge is -2.11. The van der Waals surface area contributed by atoms with E-state index in [1.165, 1.54) is 19.4 Å². The lowest BCUT2D eigenvalue weighted by atomic mass is 10.2. The monoisotopic (exact) mass is 370 g/mol. The highest BCUT2D eigenvalue weighted by Crippen LogP contribution is 2.28. The molecular formula is C13H12BrClN4O2. The quantitative estimate of drug-likeness (QED) is 0.568. The van der Waals surface area contributed by atoms with E-state index in [1.807, 2.05) is 6.07 Å². The predicted octanol–water partition coefficient (Wildman–Crippen LogP) is 3.04. The average Bonchev–Trinajstić information content (AvgIpc) is 2.47. The number of amides is 1. The van der Waals surface area contributed by atoms with E-state index in [9.17, 15) is 4.79 Å². The van der Waals surface area contributed by atoms with Crippen molar-refractivity contribution in [2.24, 2.45) is 5.84 Å². The zero-order chi connectivity index (χ0) is 15.4. The zero-order valence-corrected chi connectivity index (χ0v) is 13.3. The van der Waals surface area contributed by atoms with Crippen LogP contribution in [0, 0.1) is 0 Å². The number of methoxy groups -OCH3 is 1. The summed E-state index contributed by atoms with van der Waals surface area (Å²) in [5.41, 5.74) is 3.18. The molecular weight excluding hydrogens is 360 g/mol. The maximum Gasteiger partial charge on any atom is 0.257 e. The third kappa shape index (κ3) is 3.63. The standard InChI is InChI=1S/C13H12BrClN4O2/c1-21-11-3-2-8(14)5-10(11)18-13(20)7-4-9(15)12(19-16)17-6-7/h2-6H,16H2,1H3,(H,17,19)(H,18,20). The molecule has 21 heavy (non-hydrogen) atoms. The molecule has 0 unspecified atom stereocenters. The van der Waals surface area contributed by atoms with Crippen LogP contribution >= 0.6 is 27.5 Å². The number of hydrogen-bond acceptors (Lipinski definition) is 5. The summed E-state index contributed by atoms with van der Waals surface area (Å²) < 4.78 is 6.01. The summed E-state index contributed by atoms with van der Waals surface area (Å²) >= 11 is 9.28. The molecule has 1 aromatic carbocycles. The van der Waals surface area contributed by atoms with Crippen molar-refractivity contribution in [1.29, 1.82) is 0 Å². The van der Waals surface area contributed by atoms with Gasteiger partial charge in [0.05, 0.1) is 23.4 Å². The number of benzene rings is 1. The predicted molar refractivity (Wildman–Crippen MR) is 85.7 cm³/mol. The van der Waals surface area contributed by atoms with E-state index >= 15 is 0 Å². The third-order valence-corrected chi connectivity index (χ3v) is 3.43. The topological polar surface area (TPSA) is 89.3 Å². The number of ether oxygens (including phenoxy) is 1. The number of nitrogen functional groups attached to an aromatic ring is 1. The summed E-state index contributed by atoms with van der Waals surface area (Å²) in [6.45, 7) is 0. The molecule has 0 spiro atoms. The Balaban J connectivity index is 2.26. The Hall–Kier alpha value is -1.83. The Morgan fingerprint density at radius 3 is 2.81 bits per heavy atom. The summed E-state index contributed by atoms with van der Waals surface area (Å²) in [6.07, 6.45) is 1.38. The molecule has 0 saturated heterocycles. The van der Waals surface area contributed by atoms with E-state index in [0.29, 0.717) is 22.8 Å². The highest BCUT2D eigenvalue weighted by molar-refractivity contribution is 9.10. The first-order valence-electron chi connectivity index (χ1n) is 5.82. The molecule has 0 fully saturated rings. The first kappa shape index (κ1) is 15.6. The van der Waals surface area contributed by atoms with E-state index in [-0.39, 0.29) is 10.9 Å². The third-order valence-electron chi connectivity index (χ3n) is 2.65. The van der Waals surface area contributed by atoms with Crippen LogP contribution in [0.4, 0.5) is 11.5 Å². The first-order valence-corrected chi connectivity index (χ1v) is 6.99. The van der Waals surface area contributed by atoms with Crippen LogP contribution in [-0.2, 0) is 0 Å². The molecule has 0 radical (unpaired) electrons. The number of nitrogens with one attached hydrogen (secondary N) is 2. The maximum atomic E-state index is 12.2. The lowest BCUT2D eigenvalue weighted by molar-refractivity contribution is 0.102. The average molecular weight is 372 g/mol. The van der Waals surface area contributed by atoms with Gasteiger partial charge in [-0.05, 0) is 24.3 Å². The van der Waals surface area contributed by atoms with Crippen molar-refractivity contribution in [1.82, 2.24) is 4.98 Å². The van der Waals surface area contributed by atoms with Crippen molar-refractivity contribution in [2.75, 3.05) is 17.9 Å². The molecule has 1 amide bonds. The SMILES string of the molecule is COc1ccc(Br)cc1NC(=O)c1cnc(NN)c(Cl)c1. The van der Waals surface area contributed by atoms with Crippen LogP contribution in [0.25, 0.3) is 0 Å². The number of rotatable bonds is 4. The number of nitrogens with two attached hydrogens (primary N) is 1. The molecule has 2 aromatic rings. The number of halogens is 2. The molecule has 110 valence electrons. The summed E-state index contributed by atoms with van der Waals surface area (Å²) in [6, 6.07) is 6.77. The van der Waals surface area contributed by atoms with Gasteiger partial charge in [-0.2, -0.15) is 0 Å². The largest absolute Gasteiger partial charge is 0.495 e. The Labute approximate surface area is 134 Å². The van der Waals surface area contributed by atoms with Gasteiger partial charge in [-0.25, -0.2) is 10.8 Å². The van der Waals surface area contributed by atoms with Gasteiger partial charge in [-0.1, -0.05) is 27.5 Å². The van der Waals surface area contributed by atoms with Crippen molar-refractivity contribution >= 4 is 44.9 Å². The minimum absolute atomic E-state index is 0.256. The Morgan fingerprint density at radius 2 is 2.19 bits per heavy atom. The van der Waals surface area contributed by atoms with Crippen molar-refractivity contribution in [3.05, 3.63) is 45.5 Å². The van der Waals surface area contributed by atoms with Gasteiger partial charge < -0.3 is 15.5 Å². The van der Waals surface area contributed by atoms with Gasteiger partial charge in [0, 0.05) is 10.7 Å². The molecule has 0 aliphatic carbocycles. The first-order chi connectivity index (χ1) is 10.0. The van der Waals surface area contributed by atoms with Crippen molar-refractivity contribution in [3.8, 4) is 5.75 Å². The molecule has 1 heterocycles. The van der Waals surface area contributed by atoms with Crippen molar-refractivity contribution in [3.63, 3.8) is 0 Å². The molecule has 8 heteroatoms. The lowest BCUT2D eigenvalue weighted by Crippen LogP contribution is -2.14. The summed E-state index contributed by atoms with van der Waals surface area (Å²) in [5.74, 6) is 5.73. The summed E-state index contributed by atoms with van der Waals surface area (Å²) in [4.78, 5) is 16.2. The van der Waals surface area contributed by atoms with E-state index in [1.54, 1.807) is 12.1 Å². The van der Waals surface area contributed by atoms with Gasteiger partial charge in [0.25, 0.3) is 5.91 Å². The van der Waals surface area contributed by atoms with Gasteiger partial charge in [0.15, 0.2) is 5.82 Å². The summed E-state index contributed by atoms with van der Waals surface area (Å²) in [5, 5.41) is 2.99. The fourth-order valence-electron chi connectivity index (χ4n) is 1.64. The van der Waals surface area contributed by atoms with Gasteiger partial charge in [0.1, 0.15) is 5.75 Å². The number of hydrogen-bond donors (Lipinski definition) is 3. The highest BCUT2D eigenvalue weighted by atomic mass is 79.9. The van der Waals surface area contributed by atoms with Crippen LogP contribution in [0.3, 0.4) is 0 Å². The molecule has 4 N–H and O–H groups in total. The number of aromatic nitrogens is 1. The number of anilines is 2. The van der Waals surface area contributed by atoms with E-state index < -0.39 is 0 Å². The molecule has 0 aliphatic heterocycles. The number of carbonyl (C=O) groups excluding carboxylic acids is 1. The van der Waals surface area contributed by atoms with E-state index in [0.717, 1.165) is 4.47 Å². The van der Waals surface area contributed by atoms with Gasteiger partial charge >= 0.3 is 0 Å². The second-order valence-electron chi connectivity index (χ2n) is 4.00. The zero-order valence-electron chi connectivity index (χ0n) is 11.0. The number of hydrazine groups is 1. The second kappa shape index (κ2) is 6.75. The van der Waals surface area contributed by atoms with E-state index in [2.05, 4.69) is 31.7 Å². The van der Waals surface area contributed by atoms with Gasteiger partial charge in [0.2, 0.25) is 0 Å². The molecule has 6 nitrogen and oxygen atoms in total. The molecule has 0 atom stereocenters. The molecule has 0 saturated carbocycles. The molecule has 0 aliphatic rings. The Bertz CT molecular complexity index is 681. The van der Waals surface area contributed by atoms with Crippen LogP contribution < -0.4 is 21.3 Å². The van der Waals surface area contributed by atoms with E-state index in [4.69, 9.17) is 22.2 Å². The fourth-order valence-corrected chi connectivity index (χ4v) is 2.22. The highest BCUT2D eigenvalue weighted by Gasteiger charge is 2.12. The number of pyridine rings is 1. The maximum absolute atomic E-state index is 12.2. The van der Waals surface area contributed by atoms with Crippen LogP contribution in [0.1, 0.15) is 10.4 Å². The minimum Gasteiger partial charge on any atom is -0.495 e. The number of nitrogens with zero attached hydrogens (tertiary/aromatic N) is 1. The number of carbonyl (C=O) groups is 1. The molecule has 0 bridgehead atoms. The van der Waals surface area contributed by atoms with Gasteiger partial charge in [-0.15, -0.1) is 0 Å².